The molecule has 0 spiro atoms. The zero-order chi connectivity index (χ0) is 66.1. The molecule has 3 saturated heterocycles. The smallest absolute Gasteiger partial charge is 0.220 e. The first-order valence-corrected chi connectivity index (χ1v) is 37.4. The molecule has 3 aliphatic heterocycles. The normalized spacial score (nSPS) is 27.9. The summed E-state index contributed by atoms with van der Waals surface area (Å²) in [4.78, 5) is 13.4. The SMILES string of the molecule is CCCCCCCCC/C=C/C(O)C(COC1OC(CO)C(OC2OC(CO)C(OC3OC(CO)C(O)C(O)C3O)C(O)C2O)C(O)C1O)NC(=O)CCCCCCCCCCCCCCCCCCCCCCCCCCCCCCCCCCCCCCC. The minimum Gasteiger partial charge on any atom is -0.394 e. The van der Waals surface area contributed by atoms with Crippen LogP contribution in [0.2, 0.25) is 0 Å². The van der Waals surface area contributed by atoms with Crippen LogP contribution in [0.25, 0.3) is 0 Å². The van der Waals surface area contributed by atoms with Gasteiger partial charge in [0.2, 0.25) is 5.91 Å². The largest absolute Gasteiger partial charge is 0.394 e. The summed E-state index contributed by atoms with van der Waals surface area (Å²) in [5.41, 5.74) is 0. The maximum absolute atomic E-state index is 13.4. The van der Waals surface area contributed by atoms with Gasteiger partial charge in [0.1, 0.15) is 73.2 Å². The third-order valence-corrected chi connectivity index (χ3v) is 19.1. The number of allylic oxidation sites excluding steroid dienone is 1. The van der Waals surface area contributed by atoms with Gasteiger partial charge in [0.15, 0.2) is 18.9 Å². The fourth-order valence-electron chi connectivity index (χ4n) is 13.0. The summed E-state index contributed by atoms with van der Waals surface area (Å²) in [6.07, 6.45) is 35.6. The van der Waals surface area contributed by atoms with Gasteiger partial charge < -0.3 is 89.9 Å². The number of hydrogen-bond acceptors (Lipinski definition) is 18. The van der Waals surface area contributed by atoms with E-state index >= 15 is 0 Å². The Hall–Kier alpha value is -1.47. The van der Waals surface area contributed by atoms with E-state index in [1.807, 2.05) is 6.08 Å². The van der Waals surface area contributed by atoms with E-state index in [1.165, 1.54) is 238 Å². The number of hydrogen-bond donors (Lipinski definition) is 12. The van der Waals surface area contributed by atoms with Gasteiger partial charge in [-0.1, -0.05) is 296 Å². The zero-order valence-electron chi connectivity index (χ0n) is 57.1. The molecule has 0 radical (unpaired) electrons. The van der Waals surface area contributed by atoms with Gasteiger partial charge in [0.05, 0.1) is 38.6 Å². The summed E-state index contributed by atoms with van der Waals surface area (Å²) < 4.78 is 34.3. The van der Waals surface area contributed by atoms with Crippen molar-refractivity contribution in [3.63, 3.8) is 0 Å². The number of aliphatic hydroxyl groups excluding tert-OH is 11. The number of unbranched alkanes of at least 4 members (excludes halogenated alkanes) is 43. The van der Waals surface area contributed by atoms with Crippen LogP contribution < -0.4 is 5.32 Å². The highest BCUT2D eigenvalue weighted by Crippen LogP contribution is 2.33. The lowest BCUT2D eigenvalue weighted by molar-refractivity contribution is -0.379. The van der Waals surface area contributed by atoms with Crippen LogP contribution in [-0.2, 0) is 33.2 Å². The molecule has 0 aliphatic carbocycles. The summed E-state index contributed by atoms with van der Waals surface area (Å²) in [5.74, 6) is -0.272. The predicted octanol–water partition coefficient (Wildman–Crippen LogP) is 10.8. The Balaban J connectivity index is 1.26. The molecule has 538 valence electrons. The van der Waals surface area contributed by atoms with Gasteiger partial charge in [0.25, 0.3) is 0 Å². The molecule has 3 rings (SSSR count). The minimum absolute atomic E-state index is 0.249. The van der Waals surface area contributed by atoms with Gasteiger partial charge in [-0.15, -0.1) is 0 Å². The van der Waals surface area contributed by atoms with E-state index in [0.29, 0.717) is 6.42 Å². The van der Waals surface area contributed by atoms with Gasteiger partial charge in [-0.2, -0.15) is 0 Å². The van der Waals surface area contributed by atoms with E-state index in [-0.39, 0.29) is 18.9 Å². The summed E-state index contributed by atoms with van der Waals surface area (Å²) in [6.45, 7) is 1.72. The summed E-state index contributed by atoms with van der Waals surface area (Å²) in [6, 6.07) is -0.967. The van der Waals surface area contributed by atoms with E-state index in [4.69, 9.17) is 28.4 Å². The first-order valence-electron chi connectivity index (χ1n) is 37.4. The monoisotopic (exact) mass is 1300 g/mol. The molecular formula is C72H137NO18. The molecule has 3 heterocycles. The molecule has 3 aliphatic rings. The first kappa shape index (κ1) is 83.8. The molecule has 1 amide bonds. The van der Waals surface area contributed by atoms with E-state index in [0.717, 1.165) is 44.9 Å². The molecule has 3 fully saturated rings. The van der Waals surface area contributed by atoms with Crippen LogP contribution in [0.5, 0.6) is 0 Å². The van der Waals surface area contributed by atoms with Crippen LogP contribution in [0.3, 0.4) is 0 Å². The molecule has 0 aromatic heterocycles. The standard InChI is InChI=1S/C72H137NO18/c1-3-5-7-9-11-13-14-15-16-17-18-19-20-21-22-23-24-25-26-27-28-29-30-31-32-33-34-35-36-37-38-39-40-42-44-46-48-50-60(78)73-55(56(77)49-47-45-43-41-12-10-8-6-4-2)54-86-70-66(84)63(81)68(58(52-75)88-70)91-72-67(85)64(82)69(59(53-76)89-72)90-71-65(83)62(80)61(79)57(51-74)87-71/h47,49,55-59,61-72,74-77,79-85H,3-46,48,50-54H2,1-2H3,(H,73,78)/b49-47+. The van der Waals surface area contributed by atoms with Gasteiger partial charge in [-0.05, 0) is 19.3 Å². The molecule has 17 unspecified atom stereocenters. The number of ether oxygens (including phenoxy) is 6. The van der Waals surface area contributed by atoms with Crippen molar-refractivity contribution in [3.05, 3.63) is 12.2 Å². The second kappa shape index (κ2) is 54.5. The highest BCUT2D eigenvalue weighted by atomic mass is 16.8. The Labute approximate surface area is 550 Å². The quantitative estimate of drug-likeness (QED) is 0.0199. The van der Waals surface area contributed by atoms with Crippen molar-refractivity contribution in [2.24, 2.45) is 0 Å². The Bertz CT molecular complexity index is 1700. The molecule has 17 atom stereocenters. The van der Waals surface area contributed by atoms with Crippen molar-refractivity contribution in [2.45, 2.75) is 413 Å². The van der Waals surface area contributed by atoms with Crippen molar-refractivity contribution >= 4 is 5.91 Å². The van der Waals surface area contributed by atoms with Gasteiger partial charge in [-0.25, -0.2) is 0 Å². The molecule has 0 saturated carbocycles. The van der Waals surface area contributed by atoms with Gasteiger partial charge in [0, 0.05) is 6.42 Å². The Morgan fingerprint density at radius 2 is 0.681 bits per heavy atom. The Kier molecular flexibility index (Phi) is 50.2. The zero-order valence-corrected chi connectivity index (χ0v) is 57.1. The van der Waals surface area contributed by atoms with E-state index in [2.05, 4.69) is 19.2 Å². The molecular weight excluding hydrogens is 1170 g/mol. The second-order valence-electron chi connectivity index (χ2n) is 27.1. The topological polar surface area (TPSA) is 307 Å². The molecule has 91 heavy (non-hydrogen) atoms. The molecule has 12 N–H and O–H groups in total. The summed E-state index contributed by atoms with van der Waals surface area (Å²) in [5, 5.41) is 120. The first-order chi connectivity index (χ1) is 44.3. The van der Waals surface area contributed by atoms with Crippen LogP contribution in [0.1, 0.15) is 309 Å². The van der Waals surface area contributed by atoms with Gasteiger partial charge >= 0.3 is 0 Å². The predicted molar refractivity (Wildman–Crippen MR) is 356 cm³/mol. The minimum atomic E-state index is -1.97. The lowest BCUT2D eigenvalue weighted by atomic mass is 9.96. The summed E-state index contributed by atoms with van der Waals surface area (Å²) >= 11 is 0. The van der Waals surface area contributed by atoms with Crippen LogP contribution in [0, 0.1) is 0 Å². The highest BCUT2D eigenvalue weighted by molar-refractivity contribution is 5.76. The third kappa shape index (κ3) is 36.1. The number of amides is 1. The average Bonchev–Trinajstić information content (AvgIpc) is 0.878. The fourth-order valence-corrected chi connectivity index (χ4v) is 13.0. The molecule has 0 aromatic rings. The number of nitrogens with one attached hydrogen (secondary N) is 1. The Morgan fingerprint density at radius 3 is 1.03 bits per heavy atom. The summed E-state index contributed by atoms with van der Waals surface area (Å²) in [7, 11) is 0. The fraction of sp³-hybridized carbons (Fsp3) is 0.958. The number of carbonyl (C=O) groups is 1. The molecule has 0 aromatic carbocycles. The Morgan fingerprint density at radius 1 is 0.385 bits per heavy atom. The van der Waals surface area contributed by atoms with Crippen molar-refractivity contribution in [3.8, 4) is 0 Å². The maximum atomic E-state index is 13.4. The van der Waals surface area contributed by atoms with Crippen molar-refractivity contribution in [1.29, 1.82) is 0 Å². The van der Waals surface area contributed by atoms with Crippen molar-refractivity contribution in [2.75, 3.05) is 26.4 Å². The van der Waals surface area contributed by atoms with E-state index in [1.54, 1.807) is 6.08 Å². The second-order valence-corrected chi connectivity index (χ2v) is 27.1. The van der Waals surface area contributed by atoms with Crippen LogP contribution in [0.15, 0.2) is 12.2 Å². The van der Waals surface area contributed by atoms with Crippen LogP contribution in [-0.4, -0.2) is 193 Å². The van der Waals surface area contributed by atoms with E-state index < -0.39 is 124 Å². The number of aliphatic hydroxyl groups is 11. The maximum Gasteiger partial charge on any atom is 0.220 e. The van der Waals surface area contributed by atoms with Gasteiger partial charge in [-0.3, -0.25) is 4.79 Å². The van der Waals surface area contributed by atoms with Crippen molar-refractivity contribution in [1.82, 2.24) is 5.32 Å². The highest BCUT2D eigenvalue weighted by Gasteiger charge is 2.53. The van der Waals surface area contributed by atoms with Crippen molar-refractivity contribution < 1.29 is 89.4 Å². The molecule has 19 nitrogen and oxygen atoms in total. The lowest BCUT2D eigenvalue weighted by Gasteiger charge is -2.48. The molecule has 19 heteroatoms. The molecule has 0 bridgehead atoms. The van der Waals surface area contributed by atoms with Crippen LogP contribution >= 0.6 is 0 Å². The number of carbonyl (C=O) groups excluding carboxylic acids is 1. The number of rotatable bonds is 59. The average molecular weight is 1300 g/mol. The van der Waals surface area contributed by atoms with E-state index in [9.17, 15) is 61.0 Å². The van der Waals surface area contributed by atoms with Crippen LogP contribution in [0.4, 0.5) is 0 Å². The lowest BCUT2D eigenvalue weighted by Crippen LogP contribution is -2.66. The third-order valence-electron chi connectivity index (χ3n) is 19.1.